The van der Waals surface area contributed by atoms with Gasteiger partial charge in [0.2, 0.25) is 11.8 Å². The molecule has 3 rings (SSSR count). The van der Waals surface area contributed by atoms with Gasteiger partial charge in [-0.25, -0.2) is 0 Å². The Morgan fingerprint density at radius 1 is 0.821 bits per heavy atom. The summed E-state index contributed by atoms with van der Waals surface area (Å²) < 4.78 is 0. The van der Waals surface area contributed by atoms with E-state index in [-0.39, 0.29) is 36.6 Å². The van der Waals surface area contributed by atoms with Gasteiger partial charge in [-0.3, -0.25) is 24.1 Å². The summed E-state index contributed by atoms with van der Waals surface area (Å²) in [5, 5.41) is 0. The van der Waals surface area contributed by atoms with E-state index >= 15 is 0 Å². The van der Waals surface area contributed by atoms with Crippen molar-refractivity contribution in [2.75, 3.05) is 38.6 Å². The van der Waals surface area contributed by atoms with Crippen molar-refractivity contribution in [2.45, 2.75) is 25.7 Å². The average Bonchev–Trinajstić information content (AvgIpc) is 2.97. The van der Waals surface area contributed by atoms with Crippen LogP contribution in [0.15, 0.2) is 24.3 Å². The maximum Gasteiger partial charge on any atom is 0.261 e. The average molecular weight is 406 g/mol. The molecule has 4 amide bonds. The van der Waals surface area contributed by atoms with Gasteiger partial charge in [-0.1, -0.05) is 12.1 Å². The van der Waals surface area contributed by atoms with Crippen LogP contribution in [-0.4, -0.2) is 76.9 Å². The first-order chi connectivity index (χ1) is 13.5. The van der Waals surface area contributed by atoms with Gasteiger partial charge in [0, 0.05) is 51.4 Å². The Morgan fingerprint density at radius 3 is 1.75 bits per heavy atom. The highest BCUT2D eigenvalue weighted by Gasteiger charge is 2.34. The predicted octanol–water partition coefficient (Wildman–Crippen LogP) is 1.75. The number of carbonyl (C=O) groups excluding carboxylic acids is 4. The van der Waals surface area contributed by atoms with Gasteiger partial charge in [0.1, 0.15) is 0 Å². The molecule has 0 aromatic heterocycles. The van der Waals surface area contributed by atoms with E-state index in [1.54, 1.807) is 34.1 Å². The number of hydrogen-bond acceptors (Lipinski definition) is 4. The molecule has 2 heterocycles. The van der Waals surface area contributed by atoms with Gasteiger partial charge in [-0.05, 0) is 25.0 Å². The summed E-state index contributed by atoms with van der Waals surface area (Å²) in [4.78, 5) is 53.8. The molecule has 150 valence electrons. The van der Waals surface area contributed by atoms with Crippen molar-refractivity contribution >= 4 is 35.2 Å². The highest BCUT2D eigenvalue weighted by Crippen LogP contribution is 2.22. The molecule has 0 radical (unpaired) electrons. The van der Waals surface area contributed by atoms with E-state index in [0.717, 1.165) is 0 Å². The van der Waals surface area contributed by atoms with E-state index < -0.39 is 0 Å². The molecule has 7 nitrogen and oxygen atoms in total. The minimum absolute atomic E-state index is 0.00975. The van der Waals surface area contributed by atoms with Crippen molar-refractivity contribution < 1.29 is 19.2 Å². The van der Waals surface area contributed by atoms with Crippen LogP contribution in [0.3, 0.4) is 0 Å². The molecule has 28 heavy (non-hydrogen) atoms. The molecular weight excluding hydrogens is 382 g/mol. The number of alkyl halides is 1. The van der Waals surface area contributed by atoms with Crippen LogP contribution in [0.2, 0.25) is 0 Å². The minimum Gasteiger partial charge on any atom is -0.339 e. The maximum atomic E-state index is 12.4. The maximum absolute atomic E-state index is 12.4. The van der Waals surface area contributed by atoms with E-state index in [4.69, 9.17) is 11.6 Å². The number of fused-ring (bicyclic) bond motifs is 1. The number of hydrogen-bond donors (Lipinski definition) is 0. The molecule has 0 atom stereocenters. The smallest absolute Gasteiger partial charge is 0.261 e. The topological polar surface area (TPSA) is 78.0 Å². The Kier molecular flexibility index (Phi) is 6.67. The van der Waals surface area contributed by atoms with Crippen LogP contribution in [0.1, 0.15) is 46.4 Å². The van der Waals surface area contributed by atoms with Gasteiger partial charge >= 0.3 is 0 Å². The molecule has 0 bridgehead atoms. The number of nitrogens with zero attached hydrogens (tertiary/aromatic N) is 3. The Hall–Kier alpha value is -2.41. The second kappa shape index (κ2) is 9.19. The van der Waals surface area contributed by atoms with Gasteiger partial charge < -0.3 is 9.80 Å². The molecule has 1 aromatic rings. The number of halogens is 1. The minimum atomic E-state index is -0.294. The molecule has 1 aromatic carbocycles. The van der Waals surface area contributed by atoms with Crippen LogP contribution in [0.4, 0.5) is 0 Å². The zero-order chi connectivity index (χ0) is 20.1. The quantitative estimate of drug-likeness (QED) is 0.511. The molecule has 2 aliphatic heterocycles. The highest BCUT2D eigenvalue weighted by atomic mass is 35.5. The third-order valence-electron chi connectivity index (χ3n) is 5.16. The second-order valence-electron chi connectivity index (χ2n) is 6.97. The zero-order valence-corrected chi connectivity index (χ0v) is 16.5. The lowest BCUT2D eigenvalue weighted by Gasteiger charge is -2.35. The number of imide groups is 1. The Balaban J connectivity index is 1.42. The number of carbonyl (C=O) groups is 4. The first-order valence-electron chi connectivity index (χ1n) is 9.59. The summed E-state index contributed by atoms with van der Waals surface area (Å²) in [5.41, 5.74) is 0.850. The fourth-order valence-corrected chi connectivity index (χ4v) is 3.70. The summed E-state index contributed by atoms with van der Waals surface area (Å²) in [6.45, 7) is 2.32. The lowest BCUT2D eigenvalue weighted by molar-refractivity contribution is -0.139. The van der Waals surface area contributed by atoms with Gasteiger partial charge in [0.25, 0.3) is 11.8 Å². The molecule has 0 N–H and O–H groups in total. The van der Waals surface area contributed by atoms with Gasteiger partial charge in [0.15, 0.2) is 0 Å². The summed E-state index contributed by atoms with van der Waals surface area (Å²) >= 11 is 5.62. The molecule has 0 aliphatic carbocycles. The van der Waals surface area contributed by atoms with E-state index in [2.05, 4.69) is 0 Å². The lowest BCUT2D eigenvalue weighted by atomic mass is 10.1. The summed E-state index contributed by atoms with van der Waals surface area (Å²) in [6, 6.07) is 6.76. The van der Waals surface area contributed by atoms with E-state index in [9.17, 15) is 19.2 Å². The van der Waals surface area contributed by atoms with Crippen molar-refractivity contribution in [3.63, 3.8) is 0 Å². The summed E-state index contributed by atoms with van der Waals surface area (Å²) in [7, 11) is 0. The van der Waals surface area contributed by atoms with Crippen molar-refractivity contribution in [1.29, 1.82) is 0 Å². The standard InChI is InChI=1S/C20H24ClN3O4/c21-9-3-7-17(25)22-11-13-23(14-12-22)18(26)8-4-10-24-19(27)15-5-1-2-6-16(15)20(24)28/h1-2,5-6H,3-4,7-14H2. The van der Waals surface area contributed by atoms with E-state index in [0.29, 0.717) is 62.4 Å². The molecule has 2 aliphatic rings. The predicted molar refractivity (Wildman–Crippen MR) is 104 cm³/mol. The fourth-order valence-electron chi connectivity index (χ4n) is 3.57. The second-order valence-corrected chi connectivity index (χ2v) is 7.34. The normalized spacial score (nSPS) is 16.5. The largest absolute Gasteiger partial charge is 0.339 e. The SMILES string of the molecule is O=C(CCCCl)N1CCN(C(=O)CCCN2C(=O)c3ccccc3C2=O)CC1. The highest BCUT2D eigenvalue weighted by molar-refractivity contribution is 6.21. The Morgan fingerprint density at radius 2 is 1.29 bits per heavy atom. The van der Waals surface area contributed by atoms with Crippen molar-refractivity contribution in [3.8, 4) is 0 Å². The van der Waals surface area contributed by atoms with Crippen molar-refractivity contribution in [3.05, 3.63) is 35.4 Å². The molecule has 0 unspecified atom stereocenters. The molecule has 8 heteroatoms. The van der Waals surface area contributed by atoms with Gasteiger partial charge in [0.05, 0.1) is 11.1 Å². The monoisotopic (exact) mass is 405 g/mol. The zero-order valence-electron chi connectivity index (χ0n) is 15.7. The summed E-state index contributed by atoms with van der Waals surface area (Å²) in [5.74, 6) is -0.0471. The Bertz CT molecular complexity index is 739. The number of piperazine rings is 1. The van der Waals surface area contributed by atoms with E-state index in [1.165, 1.54) is 4.90 Å². The molecule has 0 spiro atoms. The summed E-state index contributed by atoms with van der Waals surface area (Å²) in [6.07, 6.45) is 1.81. The lowest BCUT2D eigenvalue weighted by Crippen LogP contribution is -2.50. The molecule has 1 fully saturated rings. The van der Waals surface area contributed by atoms with Crippen molar-refractivity contribution in [2.24, 2.45) is 0 Å². The third kappa shape index (κ3) is 4.35. The van der Waals surface area contributed by atoms with Gasteiger partial charge in [-0.15, -0.1) is 11.6 Å². The Labute approximate surface area is 169 Å². The molecular formula is C20H24ClN3O4. The first-order valence-corrected chi connectivity index (χ1v) is 10.1. The van der Waals surface area contributed by atoms with Crippen LogP contribution in [0, 0.1) is 0 Å². The number of benzene rings is 1. The van der Waals surface area contributed by atoms with E-state index in [1.807, 2.05) is 0 Å². The van der Waals surface area contributed by atoms with Gasteiger partial charge in [-0.2, -0.15) is 0 Å². The van der Waals surface area contributed by atoms with Crippen LogP contribution in [0.25, 0.3) is 0 Å². The van der Waals surface area contributed by atoms with Crippen LogP contribution in [-0.2, 0) is 9.59 Å². The van der Waals surface area contributed by atoms with Crippen LogP contribution >= 0.6 is 11.6 Å². The fraction of sp³-hybridized carbons (Fsp3) is 0.500. The van der Waals surface area contributed by atoms with Crippen LogP contribution in [0.5, 0.6) is 0 Å². The molecule has 1 saturated heterocycles. The molecule has 0 saturated carbocycles. The number of rotatable bonds is 7. The third-order valence-corrected chi connectivity index (χ3v) is 5.43. The first kappa shape index (κ1) is 20.3. The number of amides is 4. The van der Waals surface area contributed by atoms with Crippen LogP contribution < -0.4 is 0 Å². The van der Waals surface area contributed by atoms with Crippen molar-refractivity contribution in [1.82, 2.24) is 14.7 Å².